The second-order valence-corrected chi connectivity index (χ2v) is 7.41. The number of alkyl halides is 3. The molecule has 6 nitrogen and oxygen atoms in total. The first kappa shape index (κ1) is 19.7. The van der Waals surface area contributed by atoms with Crippen molar-refractivity contribution in [2.75, 3.05) is 18.0 Å². The Kier molecular flexibility index (Phi) is 5.45. The highest BCUT2D eigenvalue weighted by molar-refractivity contribution is 9.10. The maximum atomic E-state index is 12.8. The van der Waals surface area contributed by atoms with Crippen LogP contribution in [-0.4, -0.2) is 39.8 Å². The Bertz CT molecular complexity index is 844. The molecule has 0 aliphatic carbocycles. The molecule has 0 atom stereocenters. The second kappa shape index (κ2) is 7.49. The monoisotopic (exact) mass is 445 g/mol. The number of nitrogens with zero attached hydrogens (tertiary/aromatic N) is 4. The van der Waals surface area contributed by atoms with Crippen LogP contribution in [0.15, 0.2) is 22.8 Å². The van der Waals surface area contributed by atoms with E-state index in [1.807, 2.05) is 11.8 Å². The van der Waals surface area contributed by atoms with E-state index in [-0.39, 0.29) is 11.9 Å². The van der Waals surface area contributed by atoms with Crippen LogP contribution in [0.25, 0.3) is 0 Å². The van der Waals surface area contributed by atoms with Gasteiger partial charge in [0.1, 0.15) is 11.5 Å². The van der Waals surface area contributed by atoms with Crippen LogP contribution in [0.2, 0.25) is 0 Å². The molecule has 1 fully saturated rings. The predicted molar refractivity (Wildman–Crippen MR) is 97.6 cm³/mol. The molecular weight excluding hydrogens is 427 g/mol. The lowest BCUT2D eigenvalue weighted by molar-refractivity contribution is -0.137. The van der Waals surface area contributed by atoms with E-state index in [1.54, 1.807) is 17.8 Å². The summed E-state index contributed by atoms with van der Waals surface area (Å²) in [5.41, 5.74) is 0.490. The van der Waals surface area contributed by atoms with Gasteiger partial charge in [-0.1, -0.05) is 0 Å². The minimum absolute atomic E-state index is 0.00261. The van der Waals surface area contributed by atoms with E-state index in [0.717, 1.165) is 18.0 Å². The van der Waals surface area contributed by atoms with Crippen molar-refractivity contribution >= 4 is 27.7 Å². The maximum Gasteiger partial charge on any atom is 0.417 e. The van der Waals surface area contributed by atoms with Gasteiger partial charge in [0.25, 0.3) is 5.91 Å². The fourth-order valence-corrected chi connectivity index (χ4v) is 3.74. The van der Waals surface area contributed by atoms with Gasteiger partial charge in [0.2, 0.25) is 0 Å². The van der Waals surface area contributed by atoms with Crippen LogP contribution in [-0.2, 0) is 13.2 Å². The average Bonchev–Trinajstić information content (AvgIpc) is 2.93. The van der Waals surface area contributed by atoms with Crippen molar-refractivity contribution in [3.05, 3.63) is 39.8 Å². The van der Waals surface area contributed by atoms with Crippen molar-refractivity contribution in [2.24, 2.45) is 7.05 Å². The van der Waals surface area contributed by atoms with Crippen molar-refractivity contribution in [1.82, 2.24) is 20.1 Å². The largest absolute Gasteiger partial charge is 0.417 e. The van der Waals surface area contributed by atoms with Crippen LogP contribution >= 0.6 is 15.9 Å². The summed E-state index contributed by atoms with van der Waals surface area (Å²) >= 11 is 3.19. The quantitative estimate of drug-likeness (QED) is 0.786. The van der Waals surface area contributed by atoms with Gasteiger partial charge >= 0.3 is 6.18 Å². The van der Waals surface area contributed by atoms with Crippen molar-refractivity contribution < 1.29 is 18.0 Å². The van der Waals surface area contributed by atoms with Gasteiger partial charge in [-0.3, -0.25) is 9.48 Å². The van der Waals surface area contributed by atoms with Gasteiger partial charge in [0, 0.05) is 32.4 Å². The maximum absolute atomic E-state index is 12.8. The summed E-state index contributed by atoms with van der Waals surface area (Å²) in [6, 6.07) is 2.77. The molecule has 2 aromatic rings. The number of hydrogen-bond donors (Lipinski definition) is 1. The first-order valence-corrected chi connectivity index (χ1v) is 9.23. The molecule has 0 bridgehead atoms. The Morgan fingerprint density at radius 3 is 2.48 bits per heavy atom. The van der Waals surface area contributed by atoms with Crippen molar-refractivity contribution in [3.8, 4) is 0 Å². The zero-order valence-electron chi connectivity index (χ0n) is 14.8. The summed E-state index contributed by atoms with van der Waals surface area (Å²) in [4.78, 5) is 18.3. The fourth-order valence-electron chi connectivity index (χ4n) is 3.14. The van der Waals surface area contributed by atoms with Crippen LogP contribution in [0.5, 0.6) is 0 Å². The van der Waals surface area contributed by atoms with E-state index >= 15 is 0 Å². The number of amides is 1. The van der Waals surface area contributed by atoms with Crippen LogP contribution in [0.3, 0.4) is 0 Å². The molecule has 0 saturated carbocycles. The van der Waals surface area contributed by atoms with Crippen molar-refractivity contribution in [2.45, 2.75) is 32.0 Å². The van der Waals surface area contributed by atoms with E-state index in [9.17, 15) is 18.0 Å². The molecule has 2 aromatic heterocycles. The highest BCUT2D eigenvalue weighted by atomic mass is 79.9. The standard InChI is InChI=1S/C17H19BrF3N5O/c1-10-7-14(25(2)24-10)16(27)23-12-3-5-26(6-4-12)15-13(18)8-11(9-22-15)17(19,20)21/h7-9,12H,3-6H2,1-2H3,(H,23,27). The fraction of sp³-hybridized carbons (Fsp3) is 0.471. The number of nitrogens with one attached hydrogen (secondary N) is 1. The van der Waals surface area contributed by atoms with Crippen LogP contribution in [0, 0.1) is 6.92 Å². The van der Waals surface area contributed by atoms with E-state index in [1.165, 1.54) is 0 Å². The Morgan fingerprint density at radius 1 is 1.30 bits per heavy atom. The van der Waals surface area contributed by atoms with Crippen LogP contribution < -0.4 is 10.2 Å². The van der Waals surface area contributed by atoms with E-state index in [2.05, 4.69) is 31.3 Å². The summed E-state index contributed by atoms with van der Waals surface area (Å²) in [5.74, 6) is 0.306. The Hall–Kier alpha value is -2.10. The zero-order chi connectivity index (χ0) is 19.8. The molecule has 0 unspecified atom stereocenters. The summed E-state index contributed by atoms with van der Waals surface area (Å²) in [6.45, 7) is 3.00. The minimum Gasteiger partial charge on any atom is -0.356 e. The first-order valence-electron chi connectivity index (χ1n) is 8.44. The molecule has 1 aliphatic rings. The second-order valence-electron chi connectivity index (χ2n) is 6.56. The lowest BCUT2D eigenvalue weighted by Crippen LogP contribution is -2.45. The van der Waals surface area contributed by atoms with Gasteiger partial charge in [-0.15, -0.1) is 0 Å². The predicted octanol–water partition coefficient (Wildman–Crippen LogP) is 3.30. The van der Waals surface area contributed by atoms with Crippen molar-refractivity contribution in [1.29, 1.82) is 0 Å². The normalized spacial score (nSPS) is 15.9. The van der Waals surface area contributed by atoms with Crippen molar-refractivity contribution in [3.63, 3.8) is 0 Å². The third-order valence-corrected chi connectivity index (χ3v) is 5.10. The summed E-state index contributed by atoms with van der Waals surface area (Å²) < 4.78 is 40.1. The lowest BCUT2D eigenvalue weighted by Gasteiger charge is -2.33. The molecule has 0 radical (unpaired) electrons. The average molecular weight is 446 g/mol. The van der Waals surface area contributed by atoms with E-state index in [0.29, 0.717) is 41.9 Å². The number of carbonyl (C=O) groups is 1. The highest BCUT2D eigenvalue weighted by Gasteiger charge is 2.32. The zero-order valence-corrected chi connectivity index (χ0v) is 16.4. The van der Waals surface area contributed by atoms with Gasteiger partial charge in [0.05, 0.1) is 15.7 Å². The van der Waals surface area contributed by atoms with Gasteiger partial charge in [-0.25, -0.2) is 4.98 Å². The molecule has 0 aromatic carbocycles. The number of aryl methyl sites for hydroxylation is 2. The Balaban J connectivity index is 1.60. The third kappa shape index (κ3) is 4.42. The molecule has 3 heterocycles. The molecule has 3 rings (SSSR count). The van der Waals surface area contributed by atoms with E-state index < -0.39 is 11.7 Å². The third-order valence-electron chi connectivity index (χ3n) is 4.51. The molecule has 1 saturated heterocycles. The van der Waals surface area contributed by atoms with Gasteiger partial charge in [0.15, 0.2) is 0 Å². The molecule has 1 aliphatic heterocycles. The van der Waals surface area contributed by atoms with Gasteiger partial charge in [-0.05, 0) is 47.8 Å². The van der Waals surface area contributed by atoms with E-state index in [4.69, 9.17) is 0 Å². The van der Waals surface area contributed by atoms with Gasteiger partial charge in [-0.2, -0.15) is 18.3 Å². The molecule has 1 amide bonds. The number of halogens is 4. The molecule has 1 N–H and O–H groups in total. The number of rotatable bonds is 3. The molecule has 10 heteroatoms. The molecule has 146 valence electrons. The smallest absolute Gasteiger partial charge is 0.356 e. The van der Waals surface area contributed by atoms with Crippen LogP contribution in [0.4, 0.5) is 19.0 Å². The summed E-state index contributed by atoms with van der Waals surface area (Å²) in [7, 11) is 1.72. The molecule has 0 spiro atoms. The number of pyridine rings is 1. The number of carbonyl (C=O) groups excluding carboxylic acids is 1. The number of aromatic nitrogens is 3. The highest BCUT2D eigenvalue weighted by Crippen LogP contribution is 2.34. The minimum atomic E-state index is -4.42. The number of hydrogen-bond acceptors (Lipinski definition) is 4. The Morgan fingerprint density at radius 2 is 1.96 bits per heavy atom. The Labute approximate surface area is 162 Å². The van der Waals surface area contributed by atoms with Crippen LogP contribution in [0.1, 0.15) is 34.6 Å². The summed E-state index contributed by atoms with van der Waals surface area (Å²) in [5, 5.41) is 7.16. The lowest BCUT2D eigenvalue weighted by atomic mass is 10.0. The van der Waals surface area contributed by atoms with Gasteiger partial charge < -0.3 is 10.2 Å². The SMILES string of the molecule is Cc1cc(C(=O)NC2CCN(c3ncc(C(F)(F)F)cc3Br)CC2)n(C)n1. The number of anilines is 1. The molecule has 27 heavy (non-hydrogen) atoms. The number of piperidine rings is 1. The first-order chi connectivity index (χ1) is 12.6. The topological polar surface area (TPSA) is 63.1 Å². The molecular formula is C17H19BrF3N5O. The summed E-state index contributed by atoms with van der Waals surface area (Å²) in [6.07, 6.45) is -2.22.